The fraction of sp³-hybridized carbons (Fsp3) is 0.733. The molecular weight excluding hydrogens is 270 g/mol. The molecule has 1 atom stereocenters. The molecule has 0 bridgehead atoms. The second kappa shape index (κ2) is 7.18. The number of thiazole rings is 1. The molecule has 2 heterocycles. The van der Waals surface area contributed by atoms with Gasteiger partial charge in [0.25, 0.3) is 0 Å². The summed E-state index contributed by atoms with van der Waals surface area (Å²) < 4.78 is 0. The minimum absolute atomic E-state index is 0.628. The number of carbonyl (C=O) groups is 1. The van der Waals surface area contributed by atoms with Gasteiger partial charge in [0, 0.05) is 19.6 Å². The topological polar surface area (TPSA) is 36.4 Å². The average Bonchev–Trinajstić information content (AvgIpc) is 3.05. The first-order valence-corrected chi connectivity index (χ1v) is 8.41. The maximum Gasteiger partial charge on any atom is 0.186 e. The molecule has 2 rings (SSSR count). The van der Waals surface area contributed by atoms with Crippen LogP contribution in [0, 0.1) is 0 Å². The van der Waals surface area contributed by atoms with Crippen molar-refractivity contribution in [3.05, 3.63) is 10.6 Å². The van der Waals surface area contributed by atoms with Crippen molar-refractivity contribution >= 4 is 22.8 Å². The maximum absolute atomic E-state index is 11.1. The first-order valence-electron chi connectivity index (χ1n) is 7.59. The van der Waals surface area contributed by atoms with Crippen LogP contribution < -0.4 is 4.90 Å². The van der Waals surface area contributed by atoms with E-state index in [1.165, 1.54) is 30.7 Å². The molecule has 112 valence electrons. The zero-order valence-corrected chi connectivity index (χ0v) is 13.6. The number of hydrogen-bond acceptors (Lipinski definition) is 5. The number of rotatable bonds is 7. The van der Waals surface area contributed by atoms with Crippen molar-refractivity contribution in [2.24, 2.45) is 0 Å². The molecule has 0 aromatic carbocycles. The standard InChI is InChI=1S/C15H25N3OS/c1-4-7-13-14(11-19)20-15(16-13)17(3)10-12-8-6-9-18(12)5-2/h11-12H,4-10H2,1-3H3. The van der Waals surface area contributed by atoms with Crippen molar-refractivity contribution in [1.82, 2.24) is 9.88 Å². The lowest BCUT2D eigenvalue weighted by Gasteiger charge is -2.27. The van der Waals surface area contributed by atoms with E-state index in [9.17, 15) is 4.79 Å². The highest BCUT2D eigenvalue weighted by Gasteiger charge is 2.25. The summed E-state index contributed by atoms with van der Waals surface area (Å²) in [4.78, 5) is 21.3. The minimum atomic E-state index is 0.628. The van der Waals surface area contributed by atoms with Crippen LogP contribution in [0.3, 0.4) is 0 Å². The van der Waals surface area contributed by atoms with Gasteiger partial charge in [-0.25, -0.2) is 4.98 Å². The molecule has 1 unspecified atom stereocenters. The Hall–Kier alpha value is -0.940. The molecular formula is C15H25N3OS. The molecule has 0 N–H and O–H groups in total. The zero-order valence-electron chi connectivity index (χ0n) is 12.8. The van der Waals surface area contributed by atoms with E-state index in [1.54, 1.807) is 0 Å². The molecule has 1 aliphatic rings. The summed E-state index contributed by atoms with van der Waals surface area (Å²) in [6.07, 6.45) is 5.44. The highest BCUT2D eigenvalue weighted by Crippen LogP contribution is 2.27. The van der Waals surface area contributed by atoms with Crippen LogP contribution in [0.5, 0.6) is 0 Å². The van der Waals surface area contributed by atoms with Crippen LogP contribution in [0.1, 0.15) is 48.5 Å². The number of carbonyl (C=O) groups excluding carboxylic acids is 1. The molecule has 5 heteroatoms. The van der Waals surface area contributed by atoms with Gasteiger partial charge < -0.3 is 4.90 Å². The van der Waals surface area contributed by atoms with Crippen LogP contribution in [0.4, 0.5) is 5.13 Å². The number of aldehydes is 1. The van der Waals surface area contributed by atoms with E-state index in [0.717, 1.165) is 47.9 Å². The SMILES string of the molecule is CCCc1nc(N(C)CC2CCCN2CC)sc1C=O. The van der Waals surface area contributed by atoms with Crippen molar-refractivity contribution in [1.29, 1.82) is 0 Å². The van der Waals surface area contributed by atoms with E-state index >= 15 is 0 Å². The number of likely N-dealkylation sites (tertiary alicyclic amines) is 1. The summed E-state index contributed by atoms with van der Waals surface area (Å²) in [7, 11) is 2.09. The summed E-state index contributed by atoms with van der Waals surface area (Å²) in [5, 5.41) is 0.985. The van der Waals surface area contributed by atoms with Gasteiger partial charge >= 0.3 is 0 Å². The molecule has 1 saturated heterocycles. The second-order valence-corrected chi connectivity index (χ2v) is 6.49. The largest absolute Gasteiger partial charge is 0.350 e. The van der Waals surface area contributed by atoms with E-state index in [2.05, 4.69) is 35.7 Å². The lowest BCUT2D eigenvalue weighted by Crippen LogP contribution is -2.38. The molecule has 1 aliphatic heterocycles. The van der Waals surface area contributed by atoms with Gasteiger partial charge in [-0.15, -0.1) is 0 Å². The number of aromatic nitrogens is 1. The molecule has 0 amide bonds. The van der Waals surface area contributed by atoms with Crippen molar-refractivity contribution in [3.8, 4) is 0 Å². The Morgan fingerprint density at radius 2 is 2.30 bits per heavy atom. The fourth-order valence-corrected chi connectivity index (χ4v) is 3.83. The van der Waals surface area contributed by atoms with E-state index in [0.29, 0.717) is 6.04 Å². The minimum Gasteiger partial charge on any atom is -0.350 e. The van der Waals surface area contributed by atoms with Crippen LogP contribution in [0.25, 0.3) is 0 Å². The third-order valence-corrected chi connectivity index (χ3v) is 5.16. The summed E-state index contributed by atoms with van der Waals surface area (Å²) in [6, 6.07) is 0.628. The van der Waals surface area contributed by atoms with Gasteiger partial charge in [0.1, 0.15) is 0 Å². The van der Waals surface area contributed by atoms with Gasteiger partial charge in [0.2, 0.25) is 0 Å². The molecule has 0 saturated carbocycles. The van der Waals surface area contributed by atoms with Gasteiger partial charge in [-0.2, -0.15) is 0 Å². The average molecular weight is 295 g/mol. The number of aryl methyl sites for hydroxylation is 1. The number of anilines is 1. The van der Waals surface area contributed by atoms with Crippen LogP contribution in [-0.2, 0) is 6.42 Å². The molecule has 1 fully saturated rings. The number of likely N-dealkylation sites (N-methyl/N-ethyl adjacent to an activating group) is 2. The highest BCUT2D eigenvalue weighted by atomic mass is 32.1. The summed E-state index contributed by atoms with van der Waals surface area (Å²) in [6.45, 7) is 7.69. The number of hydrogen-bond donors (Lipinski definition) is 0. The van der Waals surface area contributed by atoms with Gasteiger partial charge in [0.05, 0.1) is 10.6 Å². The Morgan fingerprint density at radius 3 is 2.95 bits per heavy atom. The summed E-state index contributed by atoms with van der Waals surface area (Å²) in [5.74, 6) is 0. The molecule has 0 aliphatic carbocycles. The Morgan fingerprint density at radius 1 is 1.50 bits per heavy atom. The van der Waals surface area contributed by atoms with E-state index in [-0.39, 0.29) is 0 Å². The molecule has 20 heavy (non-hydrogen) atoms. The number of nitrogens with zero attached hydrogens (tertiary/aromatic N) is 3. The smallest absolute Gasteiger partial charge is 0.186 e. The molecule has 1 aromatic heterocycles. The van der Waals surface area contributed by atoms with Crippen molar-refractivity contribution in [2.45, 2.75) is 45.6 Å². The normalized spacial score (nSPS) is 19.4. The highest BCUT2D eigenvalue weighted by molar-refractivity contribution is 7.17. The first-order chi connectivity index (χ1) is 9.69. The van der Waals surface area contributed by atoms with E-state index in [1.807, 2.05) is 0 Å². The predicted octanol–water partition coefficient (Wildman–Crippen LogP) is 2.83. The van der Waals surface area contributed by atoms with Crippen molar-refractivity contribution in [3.63, 3.8) is 0 Å². The monoisotopic (exact) mass is 295 g/mol. The van der Waals surface area contributed by atoms with Crippen LogP contribution >= 0.6 is 11.3 Å². The Labute approximate surface area is 125 Å². The summed E-state index contributed by atoms with van der Waals surface area (Å²) in [5.41, 5.74) is 0.966. The third-order valence-electron chi connectivity index (χ3n) is 4.03. The van der Waals surface area contributed by atoms with Crippen LogP contribution in [0.15, 0.2) is 0 Å². The second-order valence-electron chi connectivity index (χ2n) is 5.48. The zero-order chi connectivity index (χ0) is 14.5. The Bertz CT molecular complexity index is 446. The fourth-order valence-electron chi connectivity index (χ4n) is 2.93. The van der Waals surface area contributed by atoms with Gasteiger partial charge in [-0.05, 0) is 32.4 Å². The van der Waals surface area contributed by atoms with Gasteiger partial charge in [0.15, 0.2) is 11.4 Å². The molecule has 1 aromatic rings. The quantitative estimate of drug-likeness (QED) is 0.725. The lowest BCUT2D eigenvalue weighted by molar-refractivity contribution is 0.112. The van der Waals surface area contributed by atoms with Crippen molar-refractivity contribution < 1.29 is 4.79 Å². The lowest BCUT2D eigenvalue weighted by atomic mass is 10.2. The van der Waals surface area contributed by atoms with Gasteiger partial charge in [-0.1, -0.05) is 31.6 Å². The van der Waals surface area contributed by atoms with Crippen LogP contribution in [0.2, 0.25) is 0 Å². The predicted molar refractivity (Wildman–Crippen MR) is 85.0 cm³/mol. The van der Waals surface area contributed by atoms with E-state index in [4.69, 9.17) is 0 Å². The van der Waals surface area contributed by atoms with Crippen LogP contribution in [-0.4, -0.2) is 48.9 Å². The van der Waals surface area contributed by atoms with Gasteiger partial charge in [-0.3, -0.25) is 9.69 Å². The summed E-state index contributed by atoms with van der Waals surface area (Å²) >= 11 is 1.53. The molecule has 0 radical (unpaired) electrons. The van der Waals surface area contributed by atoms with E-state index < -0.39 is 0 Å². The molecule has 0 spiro atoms. The third kappa shape index (κ3) is 3.38. The molecule has 4 nitrogen and oxygen atoms in total. The first kappa shape index (κ1) is 15.4. The van der Waals surface area contributed by atoms with Crippen molar-refractivity contribution in [2.75, 3.05) is 31.6 Å². The maximum atomic E-state index is 11.1. The Balaban J connectivity index is 2.05. The Kier molecular flexibility index (Phi) is 5.54.